The zero-order valence-corrected chi connectivity index (χ0v) is 18.4. The van der Waals surface area contributed by atoms with Crippen LogP contribution in [0.15, 0.2) is 71.6 Å². The number of benzene rings is 3. The molecule has 1 aliphatic heterocycles. The van der Waals surface area contributed by atoms with Crippen LogP contribution in [0.2, 0.25) is 5.02 Å². The van der Waals surface area contributed by atoms with Crippen molar-refractivity contribution in [3.63, 3.8) is 0 Å². The number of hydrogen-bond donors (Lipinski definition) is 1. The first-order valence-electron chi connectivity index (χ1n) is 9.96. The second-order valence-corrected chi connectivity index (χ2v) is 9.68. The molecule has 0 aliphatic carbocycles. The third kappa shape index (κ3) is 4.77. The van der Waals surface area contributed by atoms with Crippen LogP contribution in [0.25, 0.3) is 0 Å². The zero-order chi connectivity index (χ0) is 22.9. The molecule has 3 aromatic rings. The van der Waals surface area contributed by atoms with Gasteiger partial charge in [-0.2, -0.15) is 13.2 Å². The average Bonchev–Trinajstić information content (AvgIpc) is 2.90. The maximum absolute atomic E-state index is 12.7. The van der Waals surface area contributed by atoms with Gasteiger partial charge in [-0.15, -0.1) is 0 Å². The summed E-state index contributed by atoms with van der Waals surface area (Å²) in [4.78, 5) is 1.81. The lowest BCUT2D eigenvalue weighted by molar-refractivity contribution is -0.137. The van der Waals surface area contributed by atoms with Gasteiger partial charge >= 0.3 is 6.18 Å². The van der Waals surface area contributed by atoms with E-state index in [1.165, 1.54) is 0 Å². The Balaban J connectivity index is 1.55. The molecule has 0 amide bonds. The lowest BCUT2D eigenvalue weighted by Gasteiger charge is -2.27. The smallest absolute Gasteiger partial charge is 0.340 e. The minimum Gasteiger partial charge on any atom is -0.340 e. The summed E-state index contributed by atoms with van der Waals surface area (Å²) < 4.78 is 66.0. The molecule has 0 bridgehead atoms. The number of hydrogen-bond acceptors (Lipinski definition) is 3. The molecule has 9 heteroatoms. The minimum absolute atomic E-state index is 0.0592. The van der Waals surface area contributed by atoms with Crippen molar-refractivity contribution in [3.8, 4) is 0 Å². The molecule has 4 nitrogen and oxygen atoms in total. The molecule has 1 heterocycles. The van der Waals surface area contributed by atoms with Crippen LogP contribution in [0.1, 0.15) is 16.7 Å². The molecular formula is C23H20ClF3N2O2S. The van der Waals surface area contributed by atoms with E-state index >= 15 is 0 Å². The highest BCUT2D eigenvalue weighted by Crippen LogP contribution is 2.37. The first kappa shape index (κ1) is 22.6. The predicted molar refractivity (Wildman–Crippen MR) is 119 cm³/mol. The molecule has 168 valence electrons. The molecule has 4 rings (SSSR count). The Morgan fingerprint density at radius 3 is 2.25 bits per heavy atom. The normalized spacial score (nSPS) is 13.9. The monoisotopic (exact) mass is 480 g/mol. The first-order chi connectivity index (χ1) is 15.1. The summed E-state index contributed by atoms with van der Waals surface area (Å²) in [5.41, 5.74) is 3.24. The van der Waals surface area contributed by atoms with Gasteiger partial charge in [-0.1, -0.05) is 35.9 Å². The van der Waals surface area contributed by atoms with E-state index in [0.29, 0.717) is 11.6 Å². The van der Waals surface area contributed by atoms with E-state index in [2.05, 4.69) is 4.72 Å². The Kier molecular flexibility index (Phi) is 6.20. The molecule has 3 aromatic carbocycles. The Morgan fingerprint density at radius 2 is 1.56 bits per heavy atom. The fourth-order valence-electron chi connectivity index (χ4n) is 3.82. The summed E-state index contributed by atoms with van der Waals surface area (Å²) in [6.07, 6.45) is -2.85. The fraction of sp³-hybridized carbons (Fsp3) is 0.217. The van der Waals surface area contributed by atoms with E-state index in [-0.39, 0.29) is 11.4 Å². The van der Waals surface area contributed by atoms with Gasteiger partial charge in [0.2, 0.25) is 10.0 Å². The van der Waals surface area contributed by atoms with Crippen molar-refractivity contribution in [2.75, 3.05) is 18.0 Å². The molecular weight excluding hydrogens is 461 g/mol. The van der Waals surface area contributed by atoms with E-state index in [1.807, 2.05) is 47.4 Å². The maximum atomic E-state index is 12.7. The molecule has 0 unspecified atom stereocenters. The number of para-hydroxylation sites is 1. The summed E-state index contributed by atoms with van der Waals surface area (Å²) in [5.74, 6) is 0. The molecule has 0 aromatic heterocycles. The van der Waals surface area contributed by atoms with Crippen LogP contribution in [-0.2, 0) is 29.0 Å². The fourth-order valence-corrected chi connectivity index (χ4v) is 5.01. The number of nitrogens with one attached hydrogen (secondary N) is 1. The topological polar surface area (TPSA) is 49.4 Å². The number of nitrogens with zero attached hydrogens (tertiary/aromatic N) is 1. The van der Waals surface area contributed by atoms with Crippen molar-refractivity contribution in [3.05, 3.63) is 88.4 Å². The van der Waals surface area contributed by atoms with Gasteiger partial charge in [0.25, 0.3) is 0 Å². The highest BCUT2D eigenvalue weighted by molar-refractivity contribution is 7.89. The molecule has 32 heavy (non-hydrogen) atoms. The molecule has 0 atom stereocenters. The molecule has 0 spiro atoms. The molecule has 0 fully saturated rings. The second-order valence-electron chi connectivity index (χ2n) is 7.47. The van der Waals surface area contributed by atoms with E-state index in [9.17, 15) is 21.6 Å². The van der Waals surface area contributed by atoms with Crippen LogP contribution in [0.3, 0.4) is 0 Å². The number of alkyl halides is 3. The van der Waals surface area contributed by atoms with Crippen molar-refractivity contribution in [1.82, 2.24) is 4.72 Å². The number of sulfonamides is 1. The summed E-state index contributed by atoms with van der Waals surface area (Å²) >= 11 is 6.24. The first-order valence-corrected chi connectivity index (χ1v) is 11.8. The molecule has 1 N–H and O–H groups in total. The number of aryl methyl sites for hydroxylation is 2. The van der Waals surface area contributed by atoms with Crippen LogP contribution < -0.4 is 9.62 Å². The maximum Gasteiger partial charge on any atom is 0.416 e. The van der Waals surface area contributed by atoms with Crippen LogP contribution in [0.5, 0.6) is 0 Å². The van der Waals surface area contributed by atoms with Gasteiger partial charge in [-0.05, 0) is 66.4 Å². The van der Waals surface area contributed by atoms with Crippen LogP contribution in [0.4, 0.5) is 24.5 Å². The van der Waals surface area contributed by atoms with Gasteiger partial charge in [-0.25, -0.2) is 13.1 Å². The lowest BCUT2D eigenvalue weighted by atomic mass is 10.0. The van der Waals surface area contributed by atoms with Crippen LogP contribution in [0, 0.1) is 0 Å². The van der Waals surface area contributed by atoms with Crippen molar-refractivity contribution in [1.29, 1.82) is 0 Å². The van der Waals surface area contributed by atoms with Gasteiger partial charge in [0.15, 0.2) is 0 Å². The average molecular weight is 481 g/mol. The zero-order valence-electron chi connectivity index (χ0n) is 16.9. The molecule has 0 saturated carbocycles. The SMILES string of the molecule is O=S(=O)(NCCN1c2ccccc2CCc2ccc(Cl)cc21)c1ccc(C(F)(F)F)cc1. The molecule has 0 radical (unpaired) electrons. The van der Waals surface area contributed by atoms with E-state index in [0.717, 1.165) is 59.6 Å². The quantitative estimate of drug-likeness (QED) is 0.519. The van der Waals surface area contributed by atoms with Crippen LogP contribution in [-0.4, -0.2) is 21.5 Å². The Bertz CT molecular complexity index is 1230. The third-order valence-corrected chi connectivity index (χ3v) is 7.12. The number of fused-ring (bicyclic) bond motifs is 2. The largest absolute Gasteiger partial charge is 0.416 e. The number of rotatable bonds is 5. The Labute approximate surface area is 189 Å². The standard InChI is InChI=1S/C23H20ClF3N2O2S/c24-19-10-7-17-6-5-16-3-1-2-4-21(16)29(22(17)15-19)14-13-28-32(30,31)20-11-8-18(9-12-20)23(25,26)27/h1-4,7-12,15,28H,5-6,13-14H2. The van der Waals surface area contributed by atoms with Gasteiger partial charge in [0, 0.05) is 29.5 Å². The van der Waals surface area contributed by atoms with Gasteiger partial charge in [-0.3, -0.25) is 0 Å². The third-order valence-electron chi connectivity index (χ3n) is 5.40. The van der Waals surface area contributed by atoms with Crippen molar-refractivity contribution in [2.24, 2.45) is 0 Å². The summed E-state index contributed by atoms with van der Waals surface area (Å²) in [5, 5.41) is 0.582. The van der Waals surface area contributed by atoms with Crippen LogP contribution >= 0.6 is 11.6 Å². The summed E-state index contributed by atoms with van der Waals surface area (Å²) in [6, 6.07) is 17.0. The number of anilines is 2. The van der Waals surface area contributed by atoms with Crippen molar-refractivity contribution in [2.45, 2.75) is 23.9 Å². The van der Waals surface area contributed by atoms with Crippen molar-refractivity contribution >= 4 is 33.0 Å². The highest BCUT2D eigenvalue weighted by atomic mass is 35.5. The number of halogens is 4. The lowest BCUT2D eigenvalue weighted by Crippen LogP contribution is -2.33. The summed E-state index contributed by atoms with van der Waals surface area (Å²) in [6.45, 7) is 0.383. The Hall–Kier alpha value is -2.55. The second kappa shape index (κ2) is 8.77. The van der Waals surface area contributed by atoms with Gasteiger partial charge < -0.3 is 4.90 Å². The van der Waals surface area contributed by atoms with Crippen molar-refractivity contribution < 1.29 is 21.6 Å². The van der Waals surface area contributed by atoms with Gasteiger partial charge in [0.05, 0.1) is 10.5 Å². The Morgan fingerprint density at radius 1 is 0.906 bits per heavy atom. The molecule has 1 aliphatic rings. The van der Waals surface area contributed by atoms with E-state index in [1.54, 1.807) is 0 Å². The predicted octanol–water partition coefficient (Wildman–Crippen LogP) is 5.57. The highest BCUT2D eigenvalue weighted by Gasteiger charge is 2.30. The van der Waals surface area contributed by atoms with E-state index < -0.39 is 21.8 Å². The van der Waals surface area contributed by atoms with Gasteiger partial charge in [0.1, 0.15) is 0 Å². The summed E-state index contributed by atoms with van der Waals surface area (Å²) in [7, 11) is -3.97. The molecule has 0 saturated heterocycles. The van der Waals surface area contributed by atoms with E-state index in [4.69, 9.17) is 11.6 Å². The minimum atomic E-state index is -4.52.